The summed E-state index contributed by atoms with van der Waals surface area (Å²) in [5.41, 5.74) is 0.604. The molecule has 2 unspecified atom stereocenters. The van der Waals surface area contributed by atoms with Crippen molar-refractivity contribution >= 4 is 11.8 Å². The maximum atomic E-state index is 12.5. The largest absolute Gasteiger partial charge is 0.484 e. The Morgan fingerprint density at radius 3 is 2.37 bits per heavy atom. The van der Waals surface area contributed by atoms with E-state index in [2.05, 4.69) is 13.8 Å². The number of hydrogen-bond donors (Lipinski definition) is 0. The van der Waals surface area contributed by atoms with E-state index < -0.39 is 0 Å². The van der Waals surface area contributed by atoms with Crippen LogP contribution in [0.25, 0.3) is 0 Å². The molecule has 2 rings (SSSR count). The Morgan fingerprint density at radius 2 is 1.78 bits per heavy atom. The van der Waals surface area contributed by atoms with Crippen molar-refractivity contribution in [2.75, 3.05) is 33.9 Å². The lowest BCUT2D eigenvalue weighted by molar-refractivity contribution is -0.139. The maximum absolute atomic E-state index is 12.5. The van der Waals surface area contributed by atoms with Gasteiger partial charge in [0.05, 0.1) is 0 Å². The third-order valence-corrected chi connectivity index (χ3v) is 5.13. The van der Waals surface area contributed by atoms with Gasteiger partial charge in [-0.15, -0.1) is 0 Å². The topological polar surface area (TPSA) is 59.1 Å². The van der Waals surface area contributed by atoms with Crippen molar-refractivity contribution in [3.63, 3.8) is 0 Å². The predicted molar refractivity (Wildman–Crippen MR) is 105 cm³/mol. The van der Waals surface area contributed by atoms with Crippen molar-refractivity contribution in [3.8, 4) is 5.75 Å². The molecule has 0 spiro atoms. The second-order valence-electron chi connectivity index (χ2n) is 7.32. The molecule has 0 bridgehead atoms. The lowest BCUT2D eigenvalue weighted by Crippen LogP contribution is -2.49. The van der Waals surface area contributed by atoms with Crippen LogP contribution in [0.1, 0.15) is 49.9 Å². The van der Waals surface area contributed by atoms with Gasteiger partial charge in [0, 0.05) is 45.0 Å². The van der Waals surface area contributed by atoms with E-state index in [4.69, 9.17) is 9.47 Å². The molecule has 6 heteroatoms. The zero-order chi connectivity index (χ0) is 19.8. The first-order chi connectivity index (χ1) is 12.9. The number of benzene rings is 1. The Labute approximate surface area is 162 Å². The normalized spacial score (nSPS) is 19.6. The number of ether oxygens (including phenoxy) is 2. The molecule has 27 heavy (non-hydrogen) atoms. The number of carbonyl (C=O) groups excluding carboxylic acids is 2. The number of nitrogens with zero attached hydrogens (tertiary/aromatic N) is 2. The first-order valence-corrected chi connectivity index (χ1v) is 9.72. The molecule has 0 radical (unpaired) electrons. The summed E-state index contributed by atoms with van der Waals surface area (Å²) < 4.78 is 10.7. The zero-order valence-electron chi connectivity index (χ0n) is 16.9. The van der Waals surface area contributed by atoms with Crippen LogP contribution in [-0.4, -0.2) is 67.6 Å². The van der Waals surface area contributed by atoms with Gasteiger partial charge in [0.15, 0.2) is 6.61 Å². The van der Waals surface area contributed by atoms with Gasteiger partial charge in [-0.2, -0.15) is 0 Å². The Morgan fingerprint density at radius 1 is 1.15 bits per heavy atom. The van der Waals surface area contributed by atoms with Crippen LogP contribution in [-0.2, 0) is 9.53 Å². The summed E-state index contributed by atoms with van der Waals surface area (Å²) in [7, 11) is 3.43. The van der Waals surface area contributed by atoms with Gasteiger partial charge in [0.1, 0.15) is 5.75 Å². The van der Waals surface area contributed by atoms with E-state index >= 15 is 0 Å². The predicted octanol–water partition coefficient (Wildman–Crippen LogP) is 2.96. The van der Waals surface area contributed by atoms with Gasteiger partial charge >= 0.3 is 0 Å². The quantitative estimate of drug-likeness (QED) is 0.655. The van der Waals surface area contributed by atoms with Crippen LogP contribution in [0, 0.1) is 0 Å². The van der Waals surface area contributed by atoms with E-state index in [1.807, 2.05) is 4.90 Å². The Kier molecular flexibility index (Phi) is 8.10. The van der Waals surface area contributed by atoms with Crippen LogP contribution >= 0.6 is 0 Å². The summed E-state index contributed by atoms with van der Waals surface area (Å²) in [5.74, 6) is 0.580. The monoisotopic (exact) mass is 376 g/mol. The fraction of sp³-hybridized carbons (Fsp3) is 0.619. The molecule has 150 valence electrons. The molecule has 2 amide bonds. The zero-order valence-corrected chi connectivity index (χ0v) is 16.9. The standard InChI is InChI=1S/C21H32N2O4/c1-16-7-5-8-17(2)23(16)20(24)15-27-19-11-9-18(10-12-19)21(25)22(3)13-6-14-26-4/h9-12,16-17H,5-8,13-15H2,1-4H3. The van der Waals surface area contributed by atoms with Gasteiger partial charge in [0.2, 0.25) is 0 Å². The van der Waals surface area contributed by atoms with Gasteiger partial charge in [0.25, 0.3) is 11.8 Å². The van der Waals surface area contributed by atoms with Crippen LogP contribution in [0.3, 0.4) is 0 Å². The Bertz CT molecular complexity index is 607. The SMILES string of the molecule is COCCCN(C)C(=O)c1ccc(OCC(=O)N2C(C)CCCC2C)cc1. The summed E-state index contributed by atoms with van der Waals surface area (Å²) in [6.07, 6.45) is 4.06. The highest BCUT2D eigenvalue weighted by Gasteiger charge is 2.28. The molecule has 1 aliphatic rings. The molecule has 1 aromatic rings. The molecule has 1 aliphatic heterocycles. The molecule has 0 saturated carbocycles. The molecule has 1 heterocycles. The third kappa shape index (κ3) is 5.96. The highest BCUT2D eigenvalue weighted by atomic mass is 16.5. The Hall–Kier alpha value is -2.08. The van der Waals surface area contributed by atoms with Crippen molar-refractivity contribution in [1.29, 1.82) is 0 Å². The average Bonchev–Trinajstić information content (AvgIpc) is 2.66. The van der Waals surface area contributed by atoms with Crippen molar-refractivity contribution in [2.24, 2.45) is 0 Å². The van der Waals surface area contributed by atoms with Crippen LogP contribution < -0.4 is 4.74 Å². The van der Waals surface area contributed by atoms with Crippen molar-refractivity contribution in [1.82, 2.24) is 9.80 Å². The number of carbonyl (C=O) groups is 2. The van der Waals surface area contributed by atoms with Gasteiger partial charge in [-0.05, 0) is 63.8 Å². The number of amides is 2. The van der Waals surface area contributed by atoms with Crippen LogP contribution in [0.15, 0.2) is 24.3 Å². The number of likely N-dealkylation sites (tertiary alicyclic amines) is 1. The minimum atomic E-state index is -0.0373. The molecule has 1 aromatic carbocycles. The molecular formula is C21H32N2O4. The molecule has 0 N–H and O–H groups in total. The molecule has 1 fully saturated rings. The fourth-order valence-electron chi connectivity index (χ4n) is 3.59. The summed E-state index contributed by atoms with van der Waals surface area (Å²) in [5, 5.41) is 0. The first kappa shape index (κ1) is 21.2. The fourth-order valence-corrected chi connectivity index (χ4v) is 3.59. The molecule has 0 aliphatic carbocycles. The second-order valence-corrected chi connectivity index (χ2v) is 7.32. The number of piperidine rings is 1. The lowest BCUT2D eigenvalue weighted by atomic mass is 9.97. The Balaban J connectivity index is 1.86. The summed E-state index contributed by atoms with van der Waals surface area (Å²) in [6.45, 7) is 5.49. The van der Waals surface area contributed by atoms with E-state index in [9.17, 15) is 9.59 Å². The second kappa shape index (κ2) is 10.3. The van der Waals surface area contributed by atoms with Crippen LogP contribution in [0.5, 0.6) is 5.75 Å². The van der Waals surface area contributed by atoms with Crippen LogP contribution in [0.4, 0.5) is 0 Å². The van der Waals surface area contributed by atoms with E-state index in [1.54, 1.807) is 43.3 Å². The molecule has 2 atom stereocenters. The number of methoxy groups -OCH3 is 1. The first-order valence-electron chi connectivity index (χ1n) is 9.72. The van der Waals surface area contributed by atoms with E-state index in [0.29, 0.717) is 24.5 Å². The summed E-state index contributed by atoms with van der Waals surface area (Å²) >= 11 is 0. The van der Waals surface area contributed by atoms with Crippen molar-refractivity contribution in [2.45, 2.75) is 51.6 Å². The lowest BCUT2D eigenvalue weighted by Gasteiger charge is -2.38. The minimum absolute atomic E-state index is 0.0210. The van der Waals surface area contributed by atoms with Crippen LogP contribution in [0.2, 0.25) is 0 Å². The van der Waals surface area contributed by atoms with Gasteiger partial charge < -0.3 is 19.3 Å². The minimum Gasteiger partial charge on any atom is -0.484 e. The van der Waals surface area contributed by atoms with Gasteiger partial charge in [-0.3, -0.25) is 9.59 Å². The highest BCUT2D eigenvalue weighted by molar-refractivity contribution is 5.94. The smallest absolute Gasteiger partial charge is 0.260 e. The maximum Gasteiger partial charge on any atom is 0.260 e. The number of rotatable bonds is 8. The third-order valence-electron chi connectivity index (χ3n) is 5.13. The molecular weight excluding hydrogens is 344 g/mol. The van der Waals surface area contributed by atoms with Gasteiger partial charge in [-0.1, -0.05) is 0 Å². The van der Waals surface area contributed by atoms with Gasteiger partial charge in [-0.25, -0.2) is 0 Å². The highest BCUT2D eigenvalue weighted by Crippen LogP contribution is 2.23. The molecule has 1 saturated heterocycles. The van der Waals surface area contributed by atoms with Crippen molar-refractivity contribution < 1.29 is 19.1 Å². The molecule has 6 nitrogen and oxygen atoms in total. The van der Waals surface area contributed by atoms with Crippen molar-refractivity contribution in [3.05, 3.63) is 29.8 Å². The number of hydrogen-bond acceptors (Lipinski definition) is 4. The molecule has 0 aromatic heterocycles. The average molecular weight is 376 g/mol. The van der Waals surface area contributed by atoms with E-state index in [-0.39, 0.29) is 30.5 Å². The van der Waals surface area contributed by atoms with E-state index in [1.165, 1.54) is 6.42 Å². The summed E-state index contributed by atoms with van der Waals surface area (Å²) in [6, 6.07) is 7.48. The van der Waals surface area contributed by atoms with E-state index in [0.717, 1.165) is 19.3 Å². The summed E-state index contributed by atoms with van der Waals surface area (Å²) in [4.78, 5) is 28.5.